The van der Waals surface area contributed by atoms with Crippen LogP contribution in [0.2, 0.25) is 0 Å². The van der Waals surface area contributed by atoms with Gasteiger partial charge < -0.3 is 14.5 Å². The zero-order valence-electron chi connectivity index (χ0n) is 15.0. The van der Waals surface area contributed by atoms with Gasteiger partial charge in [0.1, 0.15) is 0 Å². The van der Waals surface area contributed by atoms with Crippen LogP contribution < -0.4 is 0 Å². The number of rotatable bonds is 4. The molecule has 1 aromatic heterocycles. The Hall–Kier alpha value is -1.92. The van der Waals surface area contributed by atoms with Crippen molar-refractivity contribution in [2.75, 3.05) is 13.1 Å². The summed E-state index contributed by atoms with van der Waals surface area (Å²) >= 11 is 0. The molecule has 7 heteroatoms. The van der Waals surface area contributed by atoms with E-state index in [0.29, 0.717) is 31.1 Å². The summed E-state index contributed by atoms with van der Waals surface area (Å²) in [6.45, 7) is 5.36. The first kappa shape index (κ1) is 17.9. The number of nitrogens with zero attached hydrogens (tertiary/aromatic N) is 3. The quantitative estimate of drug-likeness (QED) is 0.898. The van der Waals surface area contributed by atoms with Crippen molar-refractivity contribution in [2.45, 2.75) is 64.2 Å². The Balaban J connectivity index is 1.64. The monoisotopic (exact) mass is 349 g/mol. The highest BCUT2D eigenvalue weighted by molar-refractivity contribution is 5.80. The number of carboxylic acid groups (broad SMARTS) is 1. The van der Waals surface area contributed by atoms with Crippen LogP contribution in [-0.4, -0.2) is 45.1 Å². The lowest BCUT2D eigenvalue weighted by atomic mass is 9.80. The largest absolute Gasteiger partial charge is 0.481 e. The molecular formula is C18H27N3O4. The second-order valence-electron chi connectivity index (χ2n) is 7.67. The van der Waals surface area contributed by atoms with Crippen molar-refractivity contribution in [1.82, 2.24) is 15.0 Å². The normalized spacial score (nSPS) is 27.5. The first-order valence-electron chi connectivity index (χ1n) is 9.30. The maximum Gasteiger partial charge on any atom is 0.306 e. The van der Waals surface area contributed by atoms with Crippen LogP contribution in [0.1, 0.15) is 75.9 Å². The van der Waals surface area contributed by atoms with Crippen molar-refractivity contribution in [3.05, 3.63) is 11.7 Å². The number of amides is 1. The third kappa shape index (κ3) is 4.02. The number of aromatic nitrogens is 2. The molecule has 2 fully saturated rings. The first-order chi connectivity index (χ1) is 12.0. The van der Waals surface area contributed by atoms with Crippen LogP contribution in [0.25, 0.3) is 0 Å². The average molecular weight is 349 g/mol. The molecule has 0 aromatic carbocycles. The van der Waals surface area contributed by atoms with E-state index in [1.807, 2.05) is 18.7 Å². The molecule has 2 heterocycles. The van der Waals surface area contributed by atoms with Gasteiger partial charge >= 0.3 is 5.97 Å². The summed E-state index contributed by atoms with van der Waals surface area (Å²) in [5, 5.41) is 13.3. The molecule has 0 bridgehead atoms. The number of aliphatic carboxylic acids is 1. The van der Waals surface area contributed by atoms with Crippen LogP contribution in [0.15, 0.2) is 4.52 Å². The molecule has 1 amide bonds. The van der Waals surface area contributed by atoms with E-state index in [4.69, 9.17) is 4.52 Å². The zero-order chi connectivity index (χ0) is 18.0. The topological polar surface area (TPSA) is 96.5 Å². The van der Waals surface area contributed by atoms with Gasteiger partial charge in [-0.1, -0.05) is 25.4 Å². The van der Waals surface area contributed by atoms with Crippen LogP contribution in [0.4, 0.5) is 0 Å². The molecule has 0 spiro atoms. The Morgan fingerprint density at radius 2 is 1.96 bits per heavy atom. The predicted molar refractivity (Wildman–Crippen MR) is 90.0 cm³/mol. The van der Waals surface area contributed by atoms with Crippen molar-refractivity contribution in [3.8, 4) is 0 Å². The van der Waals surface area contributed by atoms with Gasteiger partial charge in [0.2, 0.25) is 11.8 Å². The van der Waals surface area contributed by atoms with E-state index in [-0.39, 0.29) is 29.6 Å². The fourth-order valence-corrected chi connectivity index (χ4v) is 3.93. The summed E-state index contributed by atoms with van der Waals surface area (Å²) in [5.74, 6) is 0.401. The SMILES string of the molecule is CC(C)c1nc(C2CCCN(C(=O)C3CCCC(C(=O)O)C3)C2)no1. The summed E-state index contributed by atoms with van der Waals surface area (Å²) in [5.41, 5.74) is 0. The minimum absolute atomic E-state index is 0.100. The smallest absolute Gasteiger partial charge is 0.306 e. The minimum Gasteiger partial charge on any atom is -0.481 e. The third-order valence-corrected chi connectivity index (χ3v) is 5.42. The molecule has 1 saturated heterocycles. The molecule has 1 aromatic rings. The van der Waals surface area contributed by atoms with Crippen molar-refractivity contribution >= 4 is 11.9 Å². The number of carboxylic acids is 1. The number of hydrogen-bond donors (Lipinski definition) is 1. The molecular weight excluding hydrogens is 322 g/mol. The molecule has 25 heavy (non-hydrogen) atoms. The number of hydrogen-bond acceptors (Lipinski definition) is 5. The average Bonchev–Trinajstić information content (AvgIpc) is 3.12. The number of likely N-dealkylation sites (tertiary alicyclic amines) is 1. The van der Waals surface area contributed by atoms with E-state index in [1.165, 1.54) is 0 Å². The van der Waals surface area contributed by atoms with Crippen LogP contribution in [0.3, 0.4) is 0 Å². The summed E-state index contributed by atoms with van der Waals surface area (Å²) < 4.78 is 5.30. The predicted octanol–water partition coefficient (Wildman–Crippen LogP) is 2.79. The Morgan fingerprint density at radius 1 is 1.20 bits per heavy atom. The van der Waals surface area contributed by atoms with Crippen LogP contribution >= 0.6 is 0 Å². The Morgan fingerprint density at radius 3 is 2.64 bits per heavy atom. The van der Waals surface area contributed by atoms with Gasteiger partial charge in [-0.15, -0.1) is 0 Å². The highest BCUT2D eigenvalue weighted by atomic mass is 16.5. The van der Waals surface area contributed by atoms with Gasteiger partial charge in [-0.2, -0.15) is 4.98 Å². The van der Waals surface area contributed by atoms with E-state index in [9.17, 15) is 14.7 Å². The highest BCUT2D eigenvalue weighted by Gasteiger charge is 2.35. The molecule has 3 atom stereocenters. The van der Waals surface area contributed by atoms with Crippen LogP contribution in [-0.2, 0) is 9.59 Å². The van der Waals surface area contributed by atoms with Gasteiger partial charge in [0.25, 0.3) is 0 Å². The van der Waals surface area contributed by atoms with Crippen molar-refractivity contribution in [2.24, 2.45) is 11.8 Å². The van der Waals surface area contributed by atoms with Crippen molar-refractivity contribution < 1.29 is 19.2 Å². The zero-order valence-corrected chi connectivity index (χ0v) is 15.0. The lowest BCUT2D eigenvalue weighted by molar-refractivity contribution is -0.145. The molecule has 1 aliphatic carbocycles. The van der Waals surface area contributed by atoms with Gasteiger partial charge in [-0.25, -0.2) is 0 Å². The molecule has 3 rings (SSSR count). The standard InChI is InChI=1S/C18H27N3O4/c1-11(2)16-19-15(20-25-16)14-7-4-8-21(10-14)17(22)12-5-3-6-13(9-12)18(23)24/h11-14H,3-10H2,1-2H3,(H,23,24). The summed E-state index contributed by atoms with van der Waals surface area (Å²) in [6.07, 6.45) is 4.62. The highest BCUT2D eigenvalue weighted by Crippen LogP contribution is 2.33. The van der Waals surface area contributed by atoms with E-state index in [0.717, 1.165) is 32.2 Å². The van der Waals surface area contributed by atoms with Gasteiger partial charge in [0, 0.05) is 30.8 Å². The third-order valence-electron chi connectivity index (χ3n) is 5.42. The van der Waals surface area contributed by atoms with Gasteiger partial charge in [-0.05, 0) is 32.1 Å². The van der Waals surface area contributed by atoms with Crippen LogP contribution in [0.5, 0.6) is 0 Å². The lowest BCUT2D eigenvalue weighted by Crippen LogP contribution is -2.44. The second kappa shape index (κ2) is 7.54. The minimum atomic E-state index is -0.776. The van der Waals surface area contributed by atoms with Gasteiger partial charge in [0.05, 0.1) is 5.92 Å². The summed E-state index contributed by atoms with van der Waals surface area (Å²) in [4.78, 5) is 30.5. The van der Waals surface area contributed by atoms with E-state index in [2.05, 4.69) is 10.1 Å². The number of carbonyl (C=O) groups is 2. The van der Waals surface area contributed by atoms with E-state index >= 15 is 0 Å². The van der Waals surface area contributed by atoms with E-state index < -0.39 is 5.97 Å². The lowest BCUT2D eigenvalue weighted by Gasteiger charge is -2.35. The summed E-state index contributed by atoms with van der Waals surface area (Å²) in [6, 6.07) is 0. The first-order valence-corrected chi connectivity index (χ1v) is 9.30. The fourth-order valence-electron chi connectivity index (χ4n) is 3.93. The Bertz CT molecular complexity index is 628. The molecule has 138 valence electrons. The van der Waals surface area contributed by atoms with Gasteiger partial charge in [0.15, 0.2) is 5.82 Å². The Kier molecular flexibility index (Phi) is 5.39. The maximum atomic E-state index is 12.9. The van der Waals surface area contributed by atoms with Gasteiger partial charge in [-0.3, -0.25) is 9.59 Å². The number of carbonyl (C=O) groups excluding carboxylic acids is 1. The fraction of sp³-hybridized carbons (Fsp3) is 0.778. The number of piperidine rings is 1. The van der Waals surface area contributed by atoms with Crippen molar-refractivity contribution in [1.29, 1.82) is 0 Å². The maximum absolute atomic E-state index is 12.9. The molecule has 3 unspecified atom stereocenters. The van der Waals surface area contributed by atoms with Crippen LogP contribution in [0, 0.1) is 11.8 Å². The van der Waals surface area contributed by atoms with Crippen molar-refractivity contribution in [3.63, 3.8) is 0 Å². The Labute approximate surface area is 147 Å². The summed E-state index contributed by atoms with van der Waals surface area (Å²) in [7, 11) is 0. The van der Waals surface area contributed by atoms with E-state index in [1.54, 1.807) is 0 Å². The molecule has 1 aliphatic heterocycles. The molecule has 2 aliphatic rings. The molecule has 1 saturated carbocycles. The second-order valence-corrected chi connectivity index (χ2v) is 7.67. The molecule has 0 radical (unpaired) electrons. The molecule has 7 nitrogen and oxygen atoms in total. The molecule has 1 N–H and O–H groups in total.